The van der Waals surface area contributed by atoms with Crippen LogP contribution in [0.15, 0.2) is 72.9 Å². The van der Waals surface area contributed by atoms with Crippen LogP contribution in [0.3, 0.4) is 0 Å². The minimum Gasteiger partial charge on any atom is -0.462 e. The summed E-state index contributed by atoms with van der Waals surface area (Å²) in [7, 11) is 0. The second kappa shape index (κ2) is 49.5. The van der Waals surface area contributed by atoms with Gasteiger partial charge in [-0.25, -0.2) is 0 Å². The number of esters is 3. The molecule has 0 heterocycles. The molecule has 0 bridgehead atoms. The van der Waals surface area contributed by atoms with E-state index in [4.69, 9.17) is 14.2 Å². The van der Waals surface area contributed by atoms with E-state index in [0.29, 0.717) is 19.3 Å². The lowest BCUT2D eigenvalue weighted by Crippen LogP contribution is -2.30. The van der Waals surface area contributed by atoms with Gasteiger partial charge < -0.3 is 14.2 Å². The Labute approximate surface area is 376 Å². The van der Waals surface area contributed by atoms with Gasteiger partial charge in [-0.2, -0.15) is 0 Å². The van der Waals surface area contributed by atoms with Crippen LogP contribution in [0.1, 0.15) is 239 Å². The molecule has 0 spiro atoms. The van der Waals surface area contributed by atoms with E-state index in [9.17, 15) is 14.4 Å². The summed E-state index contributed by atoms with van der Waals surface area (Å²) in [5, 5.41) is 0. The molecule has 1 atom stereocenters. The Morgan fingerprint density at radius 1 is 0.344 bits per heavy atom. The van der Waals surface area contributed by atoms with E-state index in [1.54, 1.807) is 0 Å². The van der Waals surface area contributed by atoms with E-state index in [0.717, 1.165) is 96.3 Å². The van der Waals surface area contributed by atoms with Crippen molar-refractivity contribution in [2.24, 2.45) is 0 Å². The maximum Gasteiger partial charge on any atom is 0.306 e. The predicted octanol–water partition coefficient (Wildman–Crippen LogP) is 16.6. The van der Waals surface area contributed by atoms with Crippen molar-refractivity contribution in [3.05, 3.63) is 72.9 Å². The summed E-state index contributed by atoms with van der Waals surface area (Å²) in [6.07, 6.45) is 61.8. The molecule has 0 N–H and O–H groups in total. The summed E-state index contributed by atoms with van der Waals surface area (Å²) in [6, 6.07) is 0. The Kier molecular flexibility index (Phi) is 46.9. The number of unbranched alkanes of at least 4 members (excludes halogenated alkanes) is 22. The number of hydrogen-bond donors (Lipinski definition) is 0. The van der Waals surface area contributed by atoms with Crippen LogP contribution in [0.5, 0.6) is 0 Å². The second-order valence-electron chi connectivity index (χ2n) is 16.7. The molecule has 0 fully saturated rings. The first kappa shape index (κ1) is 57.9. The third-order valence-electron chi connectivity index (χ3n) is 10.7. The Morgan fingerprint density at radius 3 is 1.00 bits per heavy atom. The maximum absolute atomic E-state index is 12.8. The summed E-state index contributed by atoms with van der Waals surface area (Å²) in [4.78, 5) is 37.8. The SMILES string of the molecule is CC/C=C\C/C=C\C/C=C\C/C=C\C/C=C\C/C=C\CCCCC(=O)OCC(COC(=O)CCCCCCCCCC)OC(=O)CCCCCCCCCCCCCCCC. The van der Waals surface area contributed by atoms with E-state index >= 15 is 0 Å². The summed E-state index contributed by atoms with van der Waals surface area (Å²) >= 11 is 0. The normalized spacial score (nSPS) is 12.6. The first-order valence-corrected chi connectivity index (χ1v) is 25.4. The molecule has 0 amide bonds. The highest BCUT2D eigenvalue weighted by Crippen LogP contribution is 2.15. The summed E-state index contributed by atoms with van der Waals surface area (Å²) in [6.45, 7) is 6.46. The lowest BCUT2D eigenvalue weighted by atomic mass is 10.0. The molecule has 350 valence electrons. The third kappa shape index (κ3) is 47.7. The highest BCUT2D eigenvalue weighted by molar-refractivity contribution is 5.71. The molecule has 0 aromatic carbocycles. The van der Waals surface area contributed by atoms with Gasteiger partial charge >= 0.3 is 17.9 Å². The molecule has 0 aliphatic heterocycles. The first-order valence-electron chi connectivity index (χ1n) is 25.4. The molecule has 61 heavy (non-hydrogen) atoms. The zero-order valence-corrected chi connectivity index (χ0v) is 39.9. The van der Waals surface area contributed by atoms with Crippen LogP contribution in [0.25, 0.3) is 0 Å². The molecular weight excluding hydrogens is 757 g/mol. The lowest BCUT2D eigenvalue weighted by Gasteiger charge is -2.18. The lowest BCUT2D eigenvalue weighted by molar-refractivity contribution is -0.167. The third-order valence-corrected chi connectivity index (χ3v) is 10.7. The molecule has 0 radical (unpaired) electrons. The van der Waals surface area contributed by atoms with Gasteiger partial charge in [-0.15, -0.1) is 0 Å². The highest BCUT2D eigenvalue weighted by atomic mass is 16.6. The monoisotopic (exact) mass is 851 g/mol. The molecule has 0 aliphatic rings. The van der Waals surface area contributed by atoms with Crippen molar-refractivity contribution in [1.29, 1.82) is 0 Å². The first-order chi connectivity index (χ1) is 30.0. The molecule has 0 rings (SSSR count). The number of rotatable bonds is 45. The van der Waals surface area contributed by atoms with Crippen LogP contribution in [0, 0.1) is 0 Å². The molecule has 6 heteroatoms. The summed E-state index contributed by atoms with van der Waals surface area (Å²) in [5.74, 6) is -0.934. The minimum absolute atomic E-state index is 0.0870. The van der Waals surface area contributed by atoms with E-state index in [-0.39, 0.29) is 31.1 Å². The standard InChI is InChI=1S/C55H94O6/c1-4-7-10-13-16-19-21-23-25-26-27-28-29-30-31-33-34-36-39-42-45-48-54(57)60-51-52(50-59-53(56)47-44-41-38-18-15-12-9-6-3)61-55(58)49-46-43-40-37-35-32-24-22-20-17-14-11-8-5-2/h7,10,16,19,23,25,27-28,30-31,34,36,52H,4-6,8-9,11-15,17-18,20-22,24,26,29,32-33,35,37-51H2,1-3H3/b10-7-,19-16-,25-23-,28-27-,31-30-,36-34-. The highest BCUT2D eigenvalue weighted by Gasteiger charge is 2.19. The van der Waals surface area contributed by atoms with Gasteiger partial charge in [0.2, 0.25) is 0 Å². The van der Waals surface area contributed by atoms with Crippen LogP contribution in [0.2, 0.25) is 0 Å². The molecule has 0 saturated carbocycles. The van der Waals surface area contributed by atoms with Gasteiger partial charge in [-0.05, 0) is 70.6 Å². The van der Waals surface area contributed by atoms with Gasteiger partial charge in [0.25, 0.3) is 0 Å². The summed E-state index contributed by atoms with van der Waals surface area (Å²) < 4.78 is 16.7. The number of carbonyl (C=O) groups excluding carboxylic acids is 3. The Balaban J connectivity index is 4.36. The van der Waals surface area contributed by atoms with Crippen LogP contribution >= 0.6 is 0 Å². The molecule has 0 aromatic heterocycles. The van der Waals surface area contributed by atoms with Crippen molar-refractivity contribution < 1.29 is 28.6 Å². The molecule has 0 aromatic rings. The zero-order valence-electron chi connectivity index (χ0n) is 39.9. The second-order valence-corrected chi connectivity index (χ2v) is 16.7. The Morgan fingerprint density at radius 2 is 0.639 bits per heavy atom. The largest absolute Gasteiger partial charge is 0.462 e. The Bertz CT molecular complexity index is 1160. The number of ether oxygens (including phenoxy) is 3. The quantitative estimate of drug-likeness (QED) is 0.0263. The summed E-state index contributed by atoms with van der Waals surface area (Å²) in [5.41, 5.74) is 0. The Hall–Kier alpha value is -3.15. The van der Waals surface area contributed by atoms with E-state index < -0.39 is 6.10 Å². The van der Waals surface area contributed by atoms with Gasteiger partial charge in [0.05, 0.1) is 0 Å². The van der Waals surface area contributed by atoms with Gasteiger partial charge in [0.15, 0.2) is 6.10 Å². The van der Waals surface area contributed by atoms with Crippen molar-refractivity contribution in [3.63, 3.8) is 0 Å². The van der Waals surface area contributed by atoms with Crippen LogP contribution in [0.4, 0.5) is 0 Å². The molecule has 0 saturated heterocycles. The van der Waals surface area contributed by atoms with E-state index in [2.05, 4.69) is 93.7 Å². The van der Waals surface area contributed by atoms with Crippen molar-refractivity contribution in [1.82, 2.24) is 0 Å². The van der Waals surface area contributed by atoms with Crippen LogP contribution < -0.4 is 0 Å². The van der Waals surface area contributed by atoms with Crippen molar-refractivity contribution >= 4 is 17.9 Å². The molecule has 6 nitrogen and oxygen atoms in total. The average molecular weight is 851 g/mol. The fourth-order valence-corrected chi connectivity index (χ4v) is 6.92. The molecule has 1 unspecified atom stereocenters. The fourth-order valence-electron chi connectivity index (χ4n) is 6.92. The molecular formula is C55H94O6. The van der Waals surface area contributed by atoms with Gasteiger partial charge in [-0.1, -0.05) is 222 Å². The average Bonchev–Trinajstić information content (AvgIpc) is 3.26. The smallest absolute Gasteiger partial charge is 0.306 e. The predicted molar refractivity (Wildman–Crippen MR) is 261 cm³/mol. The van der Waals surface area contributed by atoms with Gasteiger partial charge in [0, 0.05) is 19.3 Å². The van der Waals surface area contributed by atoms with E-state index in [1.807, 2.05) is 0 Å². The van der Waals surface area contributed by atoms with Crippen molar-refractivity contribution in [2.45, 2.75) is 245 Å². The minimum atomic E-state index is -0.787. The fraction of sp³-hybridized carbons (Fsp3) is 0.727. The van der Waals surface area contributed by atoms with Crippen molar-refractivity contribution in [2.75, 3.05) is 13.2 Å². The maximum atomic E-state index is 12.8. The van der Waals surface area contributed by atoms with Crippen LogP contribution in [-0.2, 0) is 28.6 Å². The van der Waals surface area contributed by atoms with Crippen molar-refractivity contribution in [3.8, 4) is 0 Å². The van der Waals surface area contributed by atoms with Gasteiger partial charge in [-0.3, -0.25) is 14.4 Å². The molecule has 0 aliphatic carbocycles. The number of allylic oxidation sites excluding steroid dienone is 12. The van der Waals surface area contributed by atoms with Gasteiger partial charge in [0.1, 0.15) is 13.2 Å². The van der Waals surface area contributed by atoms with Crippen LogP contribution in [-0.4, -0.2) is 37.2 Å². The zero-order chi connectivity index (χ0) is 44.4. The number of hydrogen-bond acceptors (Lipinski definition) is 6. The topological polar surface area (TPSA) is 78.9 Å². The number of carbonyl (C=O) groups is 3. The van der Waals surface area contributed by atoms with E-state index in [1.165, 1.54) is 103 Å².